The Morgan fingerprint density at radius 1 is 1.43 bits per heavy atom. The van der Waals surface area contributed by atoms with Gasteiger partial charge in [0.2, 0.25) is 5.91 Å². The van der Waals surface area contributed by atoms with Crippen molar-refractivity contribution in [1.82, 2.24) is 15.1 Å². The summed E-state index contributed by atoms with van der Waals surface area (Å²) in [7, 11) is 1.85. The zero-order chi connectivity index (χ0) is 16.4. The van der Waals surface area contributed by atoms with Crippen molar-refractivity contribution in [1.29, 1.82) is 0 Å². The largest absolute Gasteiger partial charge is 0.330 e. The Morgan fingerprint density at radius 3 is 2.96 bits per heavy atom. The predicted octanol–water partition coefficient (Wildman–Crippen LogP) is 2.19. The van der Waals surface area contributed by atoms with Crippen LogP contribution in [0.2, 0.25) is 0 Å². The molecule has 3 rings (SSSR count). The second-order valence-electron chi connectivity index (χ2n) is 5.54. The number of fused-ring (bicyclic) bond motifs is 1. The second kappa shape index (κ2) is 6.12. The molecule has 7 heteroatoms. The van der Waals surface area contributed by atoms with E-state index in [0.29, 0.717) is 12.1 Å². The third-order valence-corrected chi connectivity index (χ3v) is 3.92. The fourth-order valence-corrected chi connectivity index (χ4v) is 2.74. The molecule has 120 valence electrons. The molecule has 0 radical (unpaired) electrons. The zero-order valence-corrected chi connectivity index (χ0v) is 13.1. The first kappa shape index (κ1) is 15.1. The Hall–Kier alpha value is -2.83. The van der Waals surface area contributed by atoms with Crippen LogP contribution in [0.1, 0.15) is 30.6 Å². The molecule has 1 atom stereocenters. The molecule has 1 aromatic heterocycles. The minimum Gasteiger partial charge on any atom is -0.330 e. The lowest BCUT2D eigenvalue weighted by Crippen LogP contribution is -2.33. The van der Waals surface area contributed by atoms with E-state index in [0.717, 1.165) is 23.4 Å². The number of hydrogen-bond donors (Lipinski definition) is 3. The van der Waals surface area contributed by atoms with Crippen molar-refractivity contribution in [3.05, 3.63) is 41.7 Å². The number of benzene rings is 1. The molecule has 3 amide bonds. The molecule has 0 spiro atoms. The number of urea groups is 1. The Balaban J connectivity index is 1.66. The Labute approximate surface area is 134 Å². The quantitative estimate of drug-likeness (QED) is 0.808. The Kier molecular flexibility index (Phi) is 4.01. The summed E-state index contributed by atoms with van der Waals surface area (Å²) < 4.78 is 1.75. The number of carbonyl (C=O) groups is 2. The summed E-state index contributed by atoms with van der Waals surface area (Å²) >= 11 is 0. The summed E-state index contributed by atoms with van der Waals surface area (Å²) in [6, 6.07) is 6.89. The summed E-state index contributed by atoms with van der Waals surface area (Å²) in [6.07, 6.45) is 2.82. The van der Waals surface area contributed by atoms with Crippen LogP contribution in [-0.4, -0.2) is 21.7 Å². The maximum absolute atomic E-state index is 12.2. The molecular weight excluding hydrogens is 294 g/mol. The lowest BCUT2D eigenvalue weighted by Gasteiger charge is -2.18. The van der Waals surface area contributed by atoms with Gasteiger partial charge in [-0.3, -0.25) is 9.48 Å². The number of nitrogens with zero attached hydrogens (tertiary/aromatic N) is 2. The molecular formula is C16H19N5O2. The van der Waals surface area contributed by atoms with Crippen LogP contribution in [0.4, 0.5) is 16.2 Å². The van der Waals surface area contributed by atoms with E-state index in [1.54, 1.807) is 23.0 Å². The predicted molar refractivity (Wildman–Crippen MR) is 87.2 cm³/mol. The first-order valence-corrected chi connectivity index (χ1v) is 7.55. The Morgan fingerprint density at radius 2 is 2.26 bits per heavy atom. The highest BCUT2D eigenvalue weighted by atomic mass is 16.2. The fraction of sp³-hybridized carbons (Fsp3) is 0.312. The normalized spacial score (nSPS) is 14.1. The summed E-state index contributed by atoms with van der Waals surface area (Å²) in [5.74, 6) is -0.0242. The van der Waals surface area contributed by atoms with Gasteiger partial charge in [-0.25, -0.2) is 4.79 Å². The van der Waals surface area contributed by atoms with E-state index in [-0.39, 0.29) is 18.0 Å². The number of anilines is 2. The molecule has 1 aromatic carbocycles. The molecule has 23 heavy (non-hydrogen) atoms. The SMILES string of the molecule is CCC(NC(=O)Nc1ccc2c(c1)CC(=O)N2)c1ccnn1C. The fourth-order valence-electron chi connectivity index (χ4n) is 2.74. The minimum atomic E-state index is -0.282. The van der Waals surface area contributed by atoms with E-state index in [4.69, 9.17) is 0 Å². The molecule has 0 saturated carbocycles. The maximum atomic E-state index is 12.2. The van der Waals surface area contributed by atoms with Crippen LogP contribution in [0, 0.1) is 0 Å². The number of aromatic nitrogens is 2. The van der Waals surface area contributed by atoms with E-state index < -0.39 is 0 Å². The zero-order valence-electron chi connectivity index (χ0n) is 13.1. The maximum Gasteiger partial charge on any atom is 0.319 e. The van der Waals surface area contributed by atoms with Crippen molar-refractivity contribution in [3.63, 3.8) is 0 Å². The van der Waals surface area contributed by atoms with Crippen molar-refractivity contribution >= 4 is 23.3 Å². The third-order valence-electron chi connectivity index (χ3n) is 3.92. The second-order valence-corrected chi connectivity index (χ2v) is 5.54. The highest BCUT2D eigenvalue weighted by Gasteiger charge is 2.19. The molecule has 1 aliphatic rings. The Bertz CT molecular complexity index is 753. The van der Waals surface area contributed by atoms with Crippen molar-refractivity contribution in [2.45, 2.75) is 25.8 Å². The number of hydrogen-bond acceptors (Lipinski definition) is 3. The standard InChI is InChI=1S/C16H19N5O2/c1-3-12(14-6-7-17-21(14)2)20-16(23)18-11-4-5-13-10(8-11)9-15(22)19-13/h4-8,12H,3,9H2,1-2H3,(H,19,22)(H2,18,20,23). The molecule has 1 aliphatic heterocycles. The van der Waals surface area contributed by atoms with Crippen LogP contribution in [0.25, 0.3) is 0 Å². The number of amides is 3. The lowest BCUT2D eigenvalue weighted by atomic mass is 10.1. The van der Waals surface area contributed by atoms with Gasteiger partial charge in [0, 0.05) is 24.6 Å². The van der Waals surface area contributed by atoms with E-state index in [9.17, 15) is 9.59 Å². The molecule has 2 heterocycles. The van der Waals surface area contributed by atoms with Crippen molar-refractivity contribution in [3.8, 4) is 0 Å². The van der Waals surface area contributed by atoms with Crippen molar-refractivity contribution in [2.24, 2.45) is 7.05 Å². The van der Waals surface area contributed by atoms with Crippen LogP contribution < -0.4 is 16.0 Å². The van der Waals surface area contributed by atoms with Crippen LogP contribution in [0.3, 0.4) is 0 Å². The summed E-state index contributed by atoms with van der Waals surface area (Å²) in [6.45, 7) is 2.00. The van der Waals surface area contributed by atoms with Crippen LogP contribution >= 0.6 is 0 Å². The minimum absolute atomic E-state index is 0.0242. The highest BCUT2D eigenvalue weighted by Crippen LogP contribution is 2.26. The van der Waals surface area contributed by atoms with Gasteiger partial charge in [-0.2, -0.15) is 5.10 Å². The van der Waals surface area contributed by atoms with E-state index in [2.05, 4.69) is 21.0 Å². The van der Waals surface area contributed by atoms with Crippen LogP contribution in [0.5, 0.6) is 0 Å². The van der Waals surface area contributed by atoms with Gasteiger partial charge < -0.3 is 16.0 Å². The van der Waals surface area contributed by atoms with Gasteiger partial charge in [-0.05, 0) is 36.2 Å². The molecule has 2 aromatic rings. The topological polar surface area (TPSA) is 88.1 Å². The highest BCUT2D eigenvalue weighted by molar-refractivity contribution is 6.00. The van der Waals surface area contributed by atoms with Gasteiger partial charge in [0.1, 0.15) is 0 Å². The van der Waals surface area contributed by atoms with Gasteiger partial charge in [0.15, 0.2) is 0 Å². The molecule has 0 saturated heterocycles. The number of aryl methyl sites for hydroxylation is 1. The van der Waals surface area contributed by atoms with Gasteiger partial charge in [0.25, 0.3) is 0 Å². The first-order chi connectivity index (χ1) is 11.1. The number of nitrogens with one attached hydrogen (secondary N) is 3. The molecule has 0 fully saturated rings. The van der Waals surface area contributed by atoms with Crippen molar-refractivity contribution in [2.75, 3.05) is 10.6 Å². The molecule has 0 bridgehead atoms. The van der Waals surface area contributed by atoms with Gasteiger partial charge >= 0.3 is 6.03 Å². The number of carbonyl (C=O) groups excluding carboxylic acids is 2. The van der Waals surface area contributed by atoms with Gasteiger partial charge in [-0.15, -0.1) is 0 Å². The average Bonchev–Trinajstić information content (AvgIpc) is 3.09. The molecule has 3 N–H and O–H groups in total. The van der Waals surface area contributed by atoms with Crippen LogP contribution in [-0.2, 0) is 18.3 Å². The van der Waals surface area contributed by atoms with Crippen molar-refractivity contribution < 1.29 is 9.59 Å². The third kappa shape index (κ3) is 3.18. The van der Waals surface area contributed by atoms with E-state index in [1.807, 2.05) is 26.1 Å². The smallest absolute Gasteiger partial charge is 0.319 e. The molecule has 0 aliphatic carbocycles. The van der Waals surface area contributed by atoms with Crippen LogP contribution in [0.15, 0.2) is 30.5 Å². The van der Waals surface area contributed by atoms with Gasteiger partial charge in [-0.1, -0.05) is 6.92 Å². The molecule has 7 nitrogen and oxygen atoms in total. The summed E-state index contributed by atoms with van der Waals surface area (Å²) in [5, 5.41) is 12.7. The number of rotatable bonds is 4. The van der Waals surface area contributed by atoms with E-state index in [1.165, 1.54) is 0 Å². The average molecular weight is 313 g/mol. The monoisotopic (exact) mass is 313 g/mol. The lowest BCUT2D eigenvalue weighted by molar-refractivity contribution is -0.115. The first-order valence-electron chi connectivity index (χ1n) is 7.55. The summed E-state index contributed by atoms with van der Waals surface area (Å²) in [5.41, 5.74) is 3.32. The molecule has 1 unspecified atom stereocenters. The summed E-state index contributed by atoms with van der Waals surface area (Å²) in [4.78, 5) is 23.6. The van der Waals surface area contributed by atoms with E-state index >= 15 is 0 Å². The van der Waals surface area contributed by atoms with Gasteiger partial charge in [0.05, 0.1) is 18.2 Å².